The summed E-state index contributed by atoms with van der Waals surface area (Å²) in [5.74, 6) is -3.67. The second-order valence-electron chi connectivity index (χ2n) is 5.70. The fourth-order valence-electron chi connectivity index (χ4n) is 2.33. The number of hydrogen-bond acceptors (Lipinski definition) is 7. The SMILES string of the molecule is [2H]c1nc(Nc2c([2H])c([2H])c(F)c(Cl)c2[2H])c2c([2H])c(OC([2H])([2H])C([2H])([2H])C([2H])([2H])N3CC([2H])([2H])OC([2H])([2H])C3)c(OC)c([2H])c2n1. The van der Waals surface area contributed by atoms with Gasteiger partial charge in [0.1, 0.15) is 19.3 Å². The molecule has 1 N–H and O–H groups in total. The minimum atomic E-state index is -3.78. The highest BCUT2D eigenvalue weighted by Crippen LogP contribution is 2.35. The summed E-state index contributed by atoms with van der Waals surface area (Å²) in [4.78, 5) is 7.95. The van der Waals surface area contributed by atoms with Crippen molar-refractivity contribution >= 4 is 34.0 Å². The molecule has 2 heterocycles. The van der Waals surface area contributed by atoms with E-state index in [1.54, 1.807) is 0 Å². The minimum Gasteiger partial charge on any atom is -0.493 e. The molecular formula is C22H24ClFN4O3. The second-order valence-corrected chi connectivity index (χ2v) is 6.08. The topological polar surface area (TPSA) is 68.7 Å². The van der Waals surface area contributed by atoms with E-state index in [9.17, 15) is 4.39 Å². The lowest BCUT2D eigenvalue weighted by molar-refractivity contribution is 0.0357. The number of nitrogens with one attached hydrogen (secondary N) is 1. The number of morpholine rings is 1. The van der Waals surface area contributed by atoms with E-state index in [-0.39, 0.29) is 0 Å². The zero-order valence-corrected chi connectivity index (χ0v) is 16.5. The third kappa shape index (κ3) is 5.33. The van der Waals surface area contributed by atoms with Crippen LogP contribution in [0.25, 0.3) is 10.9 Å². The van der Waals surface area contributed by atoms with Crippen molar-refractivity contribution in [3.05, 3.63) is 47.4 Å². The molecule has 0 bridgehead atoms. The maximum atomic E-state index is 14.2. The molecule has 3 aromatic rings. The zero-order valence-electron chi connectivity index (χ0n) is 31.7. The van der Waals surface area contributed by atoms with Crippen molar-refractivity contribution in [2.24, 2.45) is 0 Å². The molecule has 31 heavy (non-hydrogen) atoms. The Balaban J connectivity index is 1.89. The summed E-state index contributed by atoms with van der Waals surface area (Å²) in [6, 6.07) is -4.37. The van der Waals surface area contributed by atoms with Crippen molar-refractivity contribution in [2.75, 3.05) is 51.7 Å². The van der Waals surface area contributed by atoms with Crippen LogP contribution in [0.15, 0.2) is 36.5 Å². The van der Waals surface area contributed by atoms with Crippen LogP contribution in [0.5, 0.6) is 11.5 Å². The van der Waals surface area contributed by atoms with Crippen LogP contribution < -0.4 is 14.8 Å². The number of methoxy groups -OCH3 is 1. The Kier molecular flexibility index (Phi) is 3.07. The van der Waals surface area contributed by atoms with Gasteiger partial charge in [0.25, 0.3) is 0 Å². The maximum absolute atomic E-state index is 14.2. The monoisotopic (exact) mass is 462 g/mol. The first-order valence-corrected chi connectivity index (χ1v) is 8.89. The number of hydrogen-bond donors (Lipinski definition) is 1. The standard InChI is InChI=1S/C22H24ClFN4O3/c1-29-20-13-19-16(12-21(20)31-8-2-5-28-6-9-30-10-7-28)22(26-14-25-19)27-15-3-4-18(24)17(23)11-15/h3-4,11-14H,2,5-10H2,1H3,(H,25,26,27)/i2D2,3D,4D,5D2,8D2,9D2,10D2,11D,12D,13D,14D. The summed E-state index contributed by atoms with van der Waals surface area (Å²) in [6.07, 6.45) is -4.55. The molecule has 1 saturated heterocycles. The van der Waals surface area contributed by atoms with Gasteiger partial charge in [0.15, 0.2) is 11.5 Å². The van der Waals surface area contributed by atoms with Crippen LogP contribution in [0.4, 0.5) is 15.9 Å². The van der Waals surface area contributed by atoms with E-state index in [1.165, 1.54) is 0 Å². The molecule has 164 valence electrons. The maximum Gasteiger partial charge on any atom is 0.162 e. The van der Waals surface area contributed by atoms with Crippen molar-refractivity contribution in [3.63, 3.8) is 0 Å². The lowest BCUT2D eigenvalue weighted by Crippen LogP contribution is -2.37. The largest absolute Gasteiger partial charge is 0.493 e. The molecule has 1 fully saturated rings. The third-order valence-electron chi connectivity index (χ3n) is 3.72. The number of halogens is 2. The Labute approximate surface area is 207 Å². The summed E-state index contributed by atoms with van der Waals surface area (Å²) in [5.41, 5.74) is -1.09. The molecule has 0 unspecified atom stereocenters. The highest BCUT2D eigenvalue weighted by Gasteiger charge is 2.14. The van der Waals surface area contributed by atoms with Crippen LogP contribution in [-0.2, 0) is 4.74 Å². The van der Waals surface area contributed by atoms with Crippen LogP contribution in [0.1, 0.15) is 28.3 Å². The summed E-state index contributed by atoms with van der Waals surface area (Å²) >= 11 is 5.80. The molecule has 7 nitrogen and oxygen atoms in total. The molecule has 0 atom stereocenters. The number of aromatic nitrogens is 2. The van der Waals surface area contributed by atoms with E-state index in [0.717, 1.165) is 7.11 Å². The van der Waals surface area contributed by atoms with Crippen LogP contribution in [0, 0.1) is 5.82 Å². The van der Waals surface area contributed by atoms with E-state index >= 15 is 0 Å². The smallest absolute Gasteiger partial charge is 0.162 e. The van der Waals surface area contributed by atoms with Crippen molar-refractivity contribution < 1.29 is 40.5 Å². The number of rotatable bonds is 8. The van der Waals surface area contributed by atoms with Gasteiger partial charge in [-0.15, -0.1) is 0 Å². The molecule has 2 aromatic carbocycles. The van der Waals surface area contributed by atoms with Crippen LogP contribution in [0.3, 0.4) is 0 Å². The molecule has 1 aromatic heterocycles. The Morgan fingerprint density at radius 3 is 2.94 bits per heavy atom. The van der Waals surface area contributed by atoms with Crippen LogP contribution in [-0.4, -0.2) is 61.2 Å². The Morgan fingerprint density at radius 1 is 1.29 bits per heavy atom. The third-order valence-corrected chi connectivity index (χ3v) is 3.98. The second kappa shape index (κ2) is 10.1. The number of nitrogens with zero attached hydrogens (tertiary/aromatic N) is 3. The number of benzene rings is 2. The molecular weight excluding hydrogens is 423 g/mol. The van der Waals surface area contributed by atoms with Crippen molar-refractivity contribution in [1.82, 2.24) is 14.9 Å². The van der Waals surface area contributed by atoms with E-state index in [1.807, 2.05) is 0 Å². The van der Waals surface area contributed by atoms with Crippen molar-refractivity contribution in [2.45, 2.75) is 6.37 Å². The average Bonchev–Trinajstić information content (AvgIpc) is 2.93. The van der Waals surface area contributed by atoms with E-state index in [4.69, 9.17) is 43.0 Å². The quantitative estimate of drug-likeness (QED) is 0.536. The number of fused-ring (bicyclic) bond motifs is 1. The van der Waals surface area contributed by atoms with Gasteiger partial charge >= 0.3 is 0 Å². The van der Waals surface area contributed by atoms with E-state index < -0.39 is 127 Å². The van der Waals surface area contributed by atoms with Gasteiger partial charge in [-0.2, -0.15) is 0 Å². The van der Waals surface area contributed by atoms with Gasteiger partial charge in [-0.3, -0.25) is 4.90 Å². The molecule has 0 amide bonds. The van der Waals surface area contributed by atoms with E-state index in [2.05, 4.69) is 20.0 Å². The van der Waals surface area contributed by atoms with Gasteiger partial charge < -0.3 is 19.5 Å². The first-order valence-electron chi connectivity index (χ1n) is 16.5. The normalized spacial score (nSPS) is 26.7. The first kappa shape index (κ1) is 9.44. The summed E-state index contributed by atoms with van der Waals surface area (Å²) < 4.78 is 161. The van der Waals surface area contributed by atoms with Crippen LogP contribution >= 0.6 is 11.6 Å². The minimum absolute atomic E-state index is 0.365. The highest BCUT2D eigenvalue weighted by molar-refractivity contribution is 6.31. The molecule has 0 spiro atoms. The van der Waals surface area contributed by atoms with Gasteiger partial charge in [0.05, 0.1) is 52.4 Å². The molecule has 4 rings (SSSR count). The first-order chi connectivity index (χ1) is 21.3. The average molecular weight is 463 g/mol. The lowest BCUT2D eigenvalue weighted by atomic mass is 10.2. The fraction of sp³-hybridized carbons (Fsp3) is 0.364. The number of anilines is 2. The molecule has 1 aliphatic rings. The predicted molar refractivity (Wildman–Crippen MR) is 118 cm³/mol. The summed E-state index contributed by atoms with van der Waals surface area (Å²) in [5, 5.41) is 1.02. The molecule has 9 heteroatoms. The molecule has 1 aliphatic heterocycles. The molecule has 0 radical (unpaired) electrons. The Hall–Kier alpha value is -2.68. The Morgan fingerprint density at radius 2 is 2.13 bits per heavy atom. The Bertz CT molecular complexity index is 1720. The summed E-state index contributed by atoms with van der Waals surface area (Å²) in [6.45, 7) is -14.9. The van der Waals surface area contributed by atoms with Crippen molar-refractivity contribution in [3.8, 4) is 11.5 Å². The van der Waals surface area contributed by atoms with Gasteiger partial charge in [-0.05, 0) is 30.5 Å². The van der Waals surface area contributed by atoms with Gasteiger partial charge in [0, 0.05) is 42.2 Å². The highest BCUT2D eigenvalue weighted by atomic mass is 35.5. The fourth-order valence-corrected chi connectivity index (χ4v) is 2.47. The van der Waals surface area contributed by atoms with Crippen LogP contribution in [0.2, 0.25) is 5.02 Å². The van der Waals surface area contributed by atoms with Crippen molar-refractivity contribution in [1.29, 1.82) is 0 Å². The zero-order chi connectivity index (χ0) is 35.8. The molecule has 0 saturated carbocycles. The summed E-state index contributed by atoms with van der Waals surface area (Å²) in [7, 11) is 0.976. The van der Waals surface area contributed by atoms with E-state index in [0.29, 0.717) is 4.90 Å². The predicted octanol–water partition coefficient (Wildman–Crippen LogP) is 4.28. The van der Waals surface area contributed by atoms with Gasteiger partial charge in [0.2, 0.25) is 0 Å². The van der Waals surface area contributed by atoms with Gasteiger partial charge in [-0.1, -0.05) is 11.6 Å². The molecule has 0 aliphatic carbocycles. The number of ether oxygens (including phenoxy) is 3. The lowest BCUT2D eigenvalue weighted by Gasteiger charge is -2.26. The van der Waals surface area contributed by atoms with Gasteiger partial charge in [-0.25, -0.2) is 14.4 Å².